The van der Waals surface area contributed by atoms with E-state index in [4.69, 9.17) is 10.5 Å². The fourth-order valence-electron chi connectivity index (χ4n) is 2.11. The number of nitrogens with two attached hydrogens (primary N) is 1. The Hall–Kier alpha value is -1.80. The molecule has 2 heteroatoms. The molecule has 1 unspecified atom stereocenters. The molecule has 0 saturated carbocycles. The predicted molar refractivity (Wildman–Crippen MR) is 79.3 cm³/mol. The van der Waals surface area contributed by atoms with Gasteiger partial charge in [-0.25, -0.2) is 0 Å². The van der Waals surface area contributed by atoms with E-state index >= 15 is 0 Å². The summed E-state index contributed by atoms with van der Waals surface area (Å²) in [4.78, 5) is 0. The van der Waals surface area contributed by atoms with Gasteiger partial charge in [0.25, 0.3) is 0 Å². The second-order valence-electron chi connectivity index (χ2n) is 5.11. The van der Waals surface area contributed by atoms with Crippen molar-refractivity contribution in [1.82, 2.24) is 0 Å². The number of hydrogen-bond donors (Lipinski definition) is 1. The van der Waals surface area contributed by atoms with Crippen molar-refractivity contribution in [2.75, 3.05) is 0 Å². The summed E-state index contributed by atoms with van der Waals surface area (Å²) in [5, 5.41) is 0. The third-order valence-corrected chi connectivity index (χ3v) is 3.14. The Morgan fingerprint density at radius 1 is 1.05 bits per heavy atom. The van der Waals surface area contributed by atoms with Crippen LogP contribution in [0.5, 0.6) is 5.75 Å². The monoisotopic (exact) mass is 255 g/mol. The van der Waals surface area contributed by atoms with E-state index in [-0.39, 0.29) is 6.04 Å². The molecule has 0 aliphatic carbocycles. The lowest BCUT2D eigenvalue weighted by molar-refractivity contribution is 0.301. The number of rotatable bonds is 4. The third kappa shape index (κ3) is 3.58. The molecule has 0 fully saturated rings. The van der Waals surface area contributed by atoms with E-state index in [0.717, 1.165) is 11.3 Å². The van der Waals surface area contributed by atoms with Gasteiger partial charge in [0.05, 0.1) is 0 Å². The van der Waals surface area contributed by atoms with Gasteiger partial charge in [-0.3, -0.25) is 0 Å². The molecular weight excluding hydrogens is 234 g/mol. The summed E-state index contributed by atoms with van der Waals surface area (Å²) in [6.45, 7) is 6.70. The van der Waals surface area contributed by atoms with Crippen LogP contribution in [0, 0.1) is 13.8 Å². The van der Waals surface area contributed by atoms with E-state index in [2.05, 4.69) is 50.2 Å². The molecule has 2 nitrogen and oxygen atoms in total. The Morgan fingerprint density at radius 2 is 1.79 bits per heavy atom. The van der Waals surface area contributed by atoms with Crippen LogP contribution in [-0.2, 0) is 6.61 Å². The quantitative estimate of drug-likeness (QED) is 0.899. The van der Waals surface area contributed by atoms with Crippen LogP contribution in [0.2, 0.25) is 0 Å². The van der Waals surface area contributed by atoms with E-state index in [0.29, 0.717) is 6.61 Å². The average Bonchev–Trinajstić information content (AvgIpc) is 2.36. The van der Waals surface area contributed by atoms with E-state index in [1.54, 1.807) is 0 Å². The minimum Gasteiger partial charge on any atom is -0.489 e. The highest BCUT2D eigenvalue weighted by Crippen LogP contribution is 2.26. The highest BCUT2D eigenvalue weighted by Gasteiger charge is 2.08. The zero-order valence-corrected chi connectivity index (χ0v) is 11.8. The van der Waals surface area contributed by atoms with Crippen LogP contribution in [0.4, 0.5) is 0 Å². The summed E-state index contributed by atoms with van der Waals surface area (Å²) in [7, 11) is 0. The summed E-state index contributed by atoms with van der Waals surface area (Å²) in [5.74, 6) is 0.886. The number of benzene rings is 2. The predicted octanol–water partition coefficient (Wildman–Crippen LogP) is 3.90. The minimum atomic E-state index is -0.0203. The van der Waals surface area contributed by atoms with Crippen molar-refractivity contribution < 1.29 is 4.74 Å². The SMILES string of the molecule is Cc1cccc(COc2cc(C)ccc2C(C)N)c1. The molecule has 1 atom stereocenters. The highest BCUT2D eigenvalue weighted by atomic mass is 16.5. The van der Waals surface area contributed by atoms with Crippen LogP contribution in [0.25, 0.3) is 0 Å². The maximum absolute atomic E-state index is 5.98. The first-order valence-electron chi connectivity index (χ1n) is 6.61. The summed E-state index contributed by atoms with van der Waals surface area (Å²) >= 11 is 0. The normalized spacial score (nSPS) is 12.2. The Kier molecular flexibility index (Phi) is 4.23. The smallest absolute Gasteiger partial charge is 0.124 e. The topological polar surface area (TPSA) is 35.2 Å². The largest absolute Gasteiger partial charge is 0.489 e. The van der Waals surface area contributed by atoms with Crippen molar-refractivity contribution in [2.45, 2.75) is 33.4 Å². The summed E-state index contributed by atoms with van der Waals surface area (Å²) in [6, 6.07) is 14.5. The lowest BCUT2D eigenvalue weighted by atomic mass is 10.1. The van der Waals surface area contributed by atoms with Crippen LogP contribution >= 0.6 is 0 Å². The first-order chi connectivity index (χ1) is 9.06. The molecule has 0 aliphatic heterocycles. The summed E-state index contributed by atoms with van der Waals surface area (Å²) in [5.41, 5.74) is 10.6. The molecule has 0 spiro atoms. The summed E-state index contributed by atoms with van der Waals surface area (Å²) < 4.78 is 5.94. The van der Waals surface area contributed by atoms with E-state index < -0.39 is 0 Å². The van der Waals surface area contributed by atoms with Gasteiger partial charge in [-0.15, -0.1) is 0 Å². The number of ether oxygens (including phenoxy) is 1. The molecule has 0 bridgehead atoms. The maximum Gasteiger partial charge on any atom is 0.124 e. The van der Waals surface area contributed by atoms with E-state index in [1.165, 1.54) is 16.7 Å². The van der Waals surface area contributed by atoms with Crippen LogP contribution < -0.4 is 10.5 Å². The Labute approximate surface area is 115 Å². The minimum absolute atomic E-state index is 0.0203. The molecule has 0 aromatic heterocycles. The van der Waals surface area contributed by atoms with Gasteiger partial charge in [0, 0.05) is 11.6 Å². The van der Waals surface area contributed by atoms with Crippen molar-refractivity contribution in [1.29, 1.82) is 0 Å². The zero-order valence-electron chi connectivity index (χ0n) is 11.8. The van der Waals surface area contributed by atoms with Gasteiger partial charge in [-0.2, -0.15) is 0 Å². The molecule has 2 aromatic rings. The van der Waals surface area contributed by atoms with Crippen LogP contribution in [0.1, 0.15) is 35.2 Å². The molecule has 19 heavy (non-hydrogen) atoms. The molecule has 2 aromatic carbocycles. The van der Waals surface area contributed by atoms with Gasteiger partial charge in [0.2, 0.25) is 0 Å². The maximum atomic E-state index is 5.98. The fourth-order valence-corrected chi connectivity index (χ4v) is 2.11. The molecule has 0 amide bonds. The van der Waals surface area contributed by atoms with E-state index in [1.807, 2.05) is 13.0 Å². The molecule has 0 radical (unpaired) electrons. The van der Waals surface area contributed by atoms with Gasteiger partial charge < -0.3 is 10.5 Å². The van der Waals surface area contributed by atoms with Gasteiger partial charge in [0.1, 0.15) is 12.4 Å². The van der Waals surface area contributed by atoms with Gasteiger partial charge in [-0.1, -0.05) is 42.0 Å². The average molecular weight is 255 g/mol. The number of hydrogen-bond acceptors (Lipinski definition) is 2. The Balaban J connectivity index is 2.17. The van der Waals surface area contributed by atoms with E-state index in [9.17, 15) is 0 Å². The summed E-state index contributed by atoms with van der Waals surface area (Å²) in [6.07, 6.45) is 0. The fraction of sp³-hybridized carbons (Fsp3) is 0.294. The first-order valence-corrected chi connectivity index (χ1v) is 6.61. The molecule has 0 aliphatic rings. The van der Waals surface area contributed by atoms with Crippen LogP contribution in [0.15, 0.2) is 42.5 Å². The first kappa shape index (κ1) is 13.6. The lowest BCUT2D eigenvalue weighted by Gasteiger charge is -2.15. The van der Waals surface area contributed by atoms with Crippen LogP contribution in [0.3, 0.4) is 0 Å². The van der Waals surface area contributed by atoms with Gasteiger partial charge in [0.15, 0.2) is 0 Å². The Morgan fingerprint density at radius 3 is 2.47 bits per heavy atom. The van der Waals surface area contributed by atoms with Crippen molar-refractivity contribution >= 4 is 0 Å². The van der Waals surface area contributed by atoms with Crippen molar-refractivity contribution in [3.63, 3.8) is 0 Å². The molecular formula is C17H21NO. The molecule has 0 saturated heterocycles. The molecule has 2 N–H and O–H groups in total. The van der Waals surface area contributed by atoms with Crippen molar-refractivity contribution in [3.8, 4) is 5.75 Å². The van der Waals surface area contributed by atoms with Gasteiger partial charge >= 0.3 is 0 Å². The molecule has 100 valence electrons. The van der Waals surface area contributed by atoms with Crippen LogP contribution in [-0.4, -0.2) is 0 Å². The number of aryl methyl sites for hydroxylation is 2. The van der Waals surface area contributed by atoms with Crippen molar-refractivity contribution in [3.05, 3.63) is 64.7 Å². The highest BCUT2D eigenvalue weighted by molar-refractivity contribution is 5.39. The zero-order chi connectivity index (χ0) is 13.8. The van der Waals surface area contributed by atoms with Crippen molar-refractivity contribution in [2.24, 2.45) is 5.73 Å². The molecule has 0 heterocycles. The third-order valence-electron chi connectivity index (χ3n) is 3.14. The molecule has 2 rings (SSSR count). The van der Waals surface area contributed by atoms with Gasteiger partial charge in [-0.05, 0) is 38.0 Å². The second kappa shape index (κ2) is 5.89. The second-order valence-corrected chi connectivity index (χ2v) is 5.11. The standard InChI is InChI=1S/C17H21NO/c1-12-5-4-6-15(9-12)11-19-17-10-13(2)7-8-16(17)14(3)18/h4-10,14H,11,18H2,1-3H3. The Bertz CT molecular complexity index is 561. The lowest BCUT2D eigenvalue weighted by Crippen LogP contribution is -2.08.